The van der Waals surface area contributed by atoms with Crippen LogP contribution in [0.15, 0.2) is 35.9 Å². The van der Waals surface area contributed by atoms with Gasteiger partial charge in [0, 0.05) is 22.0 Å². The summed E-state index contributed by atoms with van der Waals surface area (Å²) in [5.74, 6) is 0.0979. The van der Waals surface area contributed by atoms with Crippen molar-refractivity contribution in [1.29, 1.82) is 5.26 Å². The fourth-order valence-corrected chi connectivity index (χ4v) is 5.12. The van der Waals surface area contributed by atoms with Gasteiger partial charge in [-0.05, 0) is 31.2 Å². The third-order valence-electron chi connectivity index (χ3n) is 6.46. The number of nitrogens with zero attached hydrogens (tertiary/aromatic N) is 2. The molecule has 1 aromatic heterocycles. The van der Waals surface area contributed by atoms with Crippen LogP contribution < -0.4 is 0 Å². The lowest BCUT2D eigenvalue weighted by Crippen LogP contribution is -2.51. The van der Waals surface area contributed by atoms with E-state index in [1.807, 2.05) is 32.1 Å². The van der Waals surface area contributed by atoms with Gasteiger partial charge in [-0.15, -0.1) is 0 Å². The first kappa shape index (κ1) is 16.8. The fourth-order valence-electron chi connectivity index (χ4n) is 5.12. The quantitative estimate of drug-likeness (QED) is 0.839. The smallest absolute Gasteiger partial charge is 0.178 e. The van der Waals surface area contributed by atoms with Gasteiger partial charge in [-0.2, -0.15) is 10.4 Å². The molecule has 4 nitrogen and oxygen atoms in total. The lowest BCUT2D eigenvalue weighted by molar-refractivity contribution is -0.128. The zero-order chi connectivity index (χ0) is 18.7. The number of Topliss-reactive ketones (excluding diaryl/α,β-unsaturated/α-hetero) is 1. The van der Waals surface area contributed by atoms with Gasteiger partial charge in [-0.1, -0.05) is 51.1 Å². The molecule has 0 aliphatic heterocycles. The Hall–Kier alpha value is -2.67. The fraction of sp³-hybridized carbons (Fsp3) is 0.409. The Morgan fingerprint density at radius 1 is 1.27 bits per heavy atom. The van der Waals surface area contributed by atoms with Gasteiger partial charge in [0.05, 0.1) is 17.0 Å². The van der Waals surface area contributed by atoms with Crippen LogP contribution in [0.5, 0.6) is 0 Å². The number of hydrogen-bond acceptors (Lipinski definition) is 3. The lowest BCUT2D eigenvalue weighted by Gasteiger charge is -2.49. The normalized spacial score (nSPS) is 26.5. The third-order valence-corrected chi connectivity index (χ3v) is 6.46. The molecule has 0 fully saturated rings. The van der Waals surface area contributed by atoms with Crippen molar-refractivity contribution in [1.82, 2.24) is 10.2 Å². The molecule has 1 aromatic carbocycles. The largest absolute Gasteiger partial charge is 0.293 e. The van der Waals surface area contributed by atoms with Gasteiger partial charge in [0.2, 0.25) is 0 Å². The van der Waals surface area contributed by atoms with Gasteiger partial charge in [-0.3, -0.25) is 9.89 Å². The first-order valence-electron chi connectivity index (χ1n) is 9.12. The molecule has 0 unspecified atom stereocenters. The van der Waals surface area contributed by atoms with Crippen molar-refractivity contribution in [3.63, 3.8) is 0 Å². The number of nitrogens with one attached hydrogen (secondary N) is 1. The van der Waals surface area contributed by atoms with Crippen LogP contribution in [0.2, 0.25) is 0 Å². The number of aryl methyl sites for hydroxylation is 1. The number of carbonyl (C=O) groups is 1. The molecule has 0 spiro atoms. The second kappa shape index (κ2) is 5.41. The van der Waals surface area contributed by atoms with Crippen LogP contribution >= 0.6 is 0 Å². The maximum Gasteiger partial charge on any atom is 0.178 e. The monoisotopic (exact) mass is 345 g/mol. The Morgan fingerprint density at radius 2 is 2.00 bits per heavy atom. The number of hydrogen-bond donors (Lipinski definition) is 1. The molecule has 0 amide bonds. The number of fused-ring (bicyclic) bond motifs is 3. The second-order valence-electron chi connectivity index (χ2n) is 8.34. The van der Waals surface area contributed by atoms with Crippen molar-refractivity contribution in [3.05, 3.63) is 52.7 Å². The van der Waals surface area contributed by atoms with Gasteiger partial charge in [0.25, 0.3) is 0 Å². The van der Waals surface area contributed by atoms with Crippen molar-refractivity contribution in [3.8, 4) is 17.3 Å². The number of aromatic amines is 1. The SMILES string of the molecule is Cc1ccccc1-c1[nH]nc2c1CC[C@H]1C(C)(C)C(=O)C(C#N)=C[C@]21C. The summed E-state index contributed by atoms with van der Waals surface area (Å²) in [6.07, 6.45) is 3.67. The van der Waals surface area contributed by atoms with Gasteiger partial charge >= 0.3 is 0 Å². The molecule has 2 aliphatic carbocycles. The molecule has 26 heavy (non-hydrogen) atoms. The Balaban J connectivity index is 1.93. The van der Waals surface area contributed by atoms with Crippen LogP contribution in [-0.2, 0) is 16.6 Å². The lowest BCUT2D eigenvalue weighted by atomic mass is 9.52. The molecule has 0 saturated carbocycles. The highest BCUT2D eigenvalue weighted by molar-refractivity contribution is 6.04. The number of benzene rings is 1. The Morgan fingerprint density at radius 3 is 2.69 bits per heavy atom. The molecule has 0 saturated heterocycles. The van der Waals surface area contributed by atoms with E-state index in [1.54, 1.807) is 0 Å². The summed E-state index contributed by atoms with van der Waals surface area (Å²) < 4.78 is 0. The zero-order valence-electron chi connectivity index (χ0n) is 15.7. The van der Waals surface area contributed by atoms with E-state index < -0.39 is 10.8 Å². The summed E-state index contributed by atoms with van der Waals surface area (Å²) in [4.78, 5) is 12.7. The van der Waals surface area contributed by atoms with Crippen molar-refractivity contribution in [2.24, 2.45) is 11.3 Å². The van der Waals surface area contributed by atoms with Crippen LogP contribution in [0.4, 0.5) is 0 Å². The molecule has 2 atom stereocenters. The minimum atomic E-state index is -0.561. The number of aromatic nitrogens is 2. The molecule has 132 valence electrons. The van der Waals surface area contributed by atoms with Crippen LogP contribution in [-0.4, -0.2) is 16.0 Å². The van der Waals surface area contributed by atoms with Crippen molar-refractivity contribution >= 4 is 5.78 Å². The molecule has 1 heterocycles. The Kier molecular flexibility index (Phi) is 3.49. The van der Waals surface area contributed by atoms with Gasteiger partial charge in [0.1, 0.15) is 6.07 Å². The summed E-state index contributed by atoms with van der Waals surface area (Å²) in [6, 6.07) is 10.4. The van der Waals surface area contributed by atoms with Gasteiger partial charge in [0.15, 0.2) is 5.78 Å². The van der Waals surface area contributed by atoms with Crippen molar-refractivity contribution < 1.29 is 4.79 Å². The molecule has 0 radical (unpaired) electrons. The van der Waals surface area contributed by atoms with Gasteiger partial charge < -0.3 is 0 Å². The van der Waals surface area contributed by atoms with E-state index in [4.69, 9.17) is 5.10 Å². The summed E-state index contributed by atoms with van der Waals surface area (Å²) in [7, 11) is 0. The highest BCUT2D eigenvalue weighted by atomic mass is 16.1. The van der Waals surface area contributed by atoms with E-state index in [0.717, 1.165) is 24.2 Å². The summed E-state index contributed by atoms with van der Waals surface area (Å²) >= 11 is 0. The van der Waals surface area contributed by atoms with Crippen LogP contribution in [0.25, 0.3) is 11.3 Å². The van der Waals surface area contributed by atoms with Crippen molar-refractivity contribution in [2.45, 2.75) is 46.0 Å². The predicted octanol–water partition coefficient (Wildman–Crippen LogP) is 4.26. The number of rotatable bonds is 1. The molecular formula is C22H23N3O. The molecule has 2 aliphatic rings. The number of allylic oxidation sites excluding steroid dienone is 2. The van der Waals surface area contributed by atoms with E-state index in [1.165, 1.54) is 16.7 Å². The molecule has 2 aromatic rings. The average molecular weight is 345 g/mol. The van der Waals surface area contributed by atoms with Gasteiger partial charge in [-0.25, -0.2) is 0 Å². The minimum Gasteiger partial charge on any atom is -0.293 e. The van der Waals surface area contributed by atoms with Crippen LogP contribution in [0, 0.1) is 29.6 Å². The maximum absolute atomic E-state index is 12.7. The zero-order valence-corrected chi connectivity index (χ0v) is 15.7. The predicted molar refractivity (Wildman–Crippen MR) is 100 cm³/mol. The number of ketones is 1. The van der Waals surface area contributed by atoms with Crippen LogP contribution in [0.3, 0.4) is 0 Å². The number of nitriles is 1. The molecule has 0 bridgehead atoms. The molecular weight excluding hydrogens is 322 g/mol. The standard InChI is InChI=1S/C22H23N3O/c1-13-7-5-6-8-15(13)18-16-9-10-17-21(2,3)20(26)14(12-23)11-22(17,4)19(16)25-24-18/h5-8,11,17H,9-10H2,1-4H3,(H,24,25)/t17-,22-/m0/s1. The molecule has 1 N–H and O–H groups in total. The topological polar surface area (TPSA) is 69.5 Å². The second-order valence-corrected chi connectivity index (χ2v) is 8.34. The van der Waals surface area contributed by atoms with E-state index in [9.17, 15) is 10.1 Å². The number of H-pyrrole nitrogens is 1. The Bertz CT molecular complexity index is 989. The van der Waals surface area contributed by atoms with Crippen molar-refractivity contribution in [2.75, 3.05) is 0 Å². The van der Waals surface area contributed by atoms with E-state index >= 15 is 0 Å². The van der Waals surface area contributed by atoms with E-state index in [0.29, 0.717) is 0 Å². The maximum atomic E-state index is 12.7. The first-order chi connectivity index (χ1) is 12.3. The van der Waals surface area contributed by atoms with E-state index in [-0.39, 0.29) is 17.3 Å². The average Bonchev–Trinajstić information content (AvgIpc) is 3.04. The molecule has 4 heteroatoms. The highest BCUT2D eigenvalue weighted by Gasteiger charge is 2.55. The van der Waals surface area contributed by atoms with E-state index in [2.05, 4.69) is 37.1 Å². The summed E-state index contributed by atoms with van der Waals surface area (Å²) in [6.45, 7) is 8.18. The number of carbonyl (C=O) groups excluding carboxylic acids is 1. The Labute approximate surface area is 153 Å². The third kappa shape index (κ3) is 2.07. The summed E-state index contributed by atoms with van der Waals surface area (Å²) in [5.41, 5.74) is 4.94. The molecule has 4 rings (SSSR count). The minimum absolute atomic E-state index is 0.0411. The summed E-state index contributed by atoms with van der Waals surface area (Å²) in [5, 5.41) is 17.5. The first-order valence-corrected chi connectivity index (χ1v) is 9.12. The van der Waals surface area contributed by atoms with Crippen LogP contribution in [0.1, 0.15) is 44.0 Å². The highest BCUT2D eigenvalue weighted by Crippen LogP contribution is 2.55.